The number of aryl methyl sites for hydroxylation is 3. The van der Waals surface area contributed by atoms with E-state index in [0.29, 0.717) is 12.2 Å². The molecule has 0 N–H and O–H groups in total. The average molecular weight is 232 g/mol. The highest BCUT2D eigenvalue weighted by atomic mass is 16.1. The summed E-state index contributed by atoms with van der Waals surface area (Å²) >= 11 is 0. The standard InChI is InChI=1S/C16H24O/c1-12-9-10-13(2)14(11-12)7-6-8-15(17)16(3,4)5/h9-11H,6-8H2,1-5H3. The summed E-state index contributed by atoms with van der Waals surface area (Å²) < 4.78 is 0. The molecule has 94 valence electrons. The number of ketones is 1. The Bertz CT molecular complexity index is 396. The fourth-order valence-electron chi connectivity index (χ4n) is 1.88. The molecule has 17 heavy (non-hydrogen) atoms. The summed E-state index contributed by atoms with van der Waals surface area (Å²) in [5.74, 6) is 0.364. The Morgan fingerprint density at radius 1 is 1.18 bits per heavy atom. The van der Waals surface area contributed by atoms with Gasteiger partial charge in [0.2, 0.25) is 0 Å². The van der Waals surface area contributed by atoms with E-state index < -0.39 is 0 Å². The van der Waals surface area contributed by atoms with Gasteiger partial charge in [-0.1, -0.05) is 44.5 Å². The van der Waals surface area contributed by atoms with Crippen LogP contribution in [0.15, 0.2) is 18.2 Å². The minimum Gasteiger partial charge on any atom is -0.299 e. The second kappa shape index (κ2) is 5.48. The van der Waals surface area contributed by atoms with Gasteiger partial charge >= 0.3 is 0 Å². The molecule has 0 unspecified atom stereocenters. The molecule has 1 rings (SSSR count). The van der Waals surface area contributed by atoms with Gasteiger partial charge in [-0.2, -0.15) is 0 Å². The van der Waals surface area contributed by atoms with E-state index in [1.807, 2.05) is 20.8 Å². The van der Waals surface area contributed by atoms with Crippen LogP contribution in [0.2, 0.25) is 0 Å². The van der Waals surface area contributed by atoms with E-state index >= 15 is 0 Å². The van der Waals surface area contributed by atoms with Crippen molar-refractivity contribution < 1.29 is 4.79 Å². The third-order valence-electron chi connectivity index (χ3n) is 3.19. The first-order valence-corrected chi connectivity index (χ1v) is 6.40. The molecule has 0 heterocycles. The summed E-state index contributed by atoms with van der Waals surface area (Å²) in [7, 11) is 0. The van der Waals surface area contributed by atoms with E-state index in [2.05, 4.69) is 32.0 Å². The van der Waals surface area contributed by atoms with E-state index in [4.69, 9.17) is 0 Å². The quantitative estimate of drug-likeness (QED) is 0.758. The fourth-order valence-corrected chi connectivity index (χ4v) is 1.88. The zero-order chi connectivity index (χ0) is 13.1. The molecule has 1 heteroatoms. The summed E-state index contributed by atoms with van der Waals surface area (Å²) in [6, 6.07) is 6.53. The van der Waals surface area contributed by atoms with Crippen molar-refractivity contribution in [1.29, 1.82) is 0 Å². The molecule has 1 nitrogen and oxygen atoms in total. The first kappa shape index (κ1) is 14.0. The topological polar surface area (TPSA) is 17.1 Å². The van der Waals surface area contributed by atoms with Gasteiger partial charge in [0, 0.05) is 11.8 Å². The highest BCUT2D eigenvalue weighted by Crippen LogP contribution is 2.19. The first-order valence-electron chi connectivity index (χ1n) is 6.40. The zero-order valence-corrected chi connectivity index (χ0v) is 11.8. The Balaban J connectivity index is 2.52. The summed E-state index contributed by atoms with van der Waals surface area (Å²) in [5, 5.41) is 0. The monoisotopic (exact) mass is 232 g/mol. The molecule has 0 aliphatic rings. The maximum Gasteiger partial charge on any atom is 0.138 e. The van der Waals surface area contributed by atoms with Crippen LogP contribution in [0, 0.1) is 19.3 Å². The molecule has 0 radical (unpaired) electrons. The van der Waals surface area contributed by atoms with Crippen molar-refractivity contribution in [1.82, 2.24) is 0 Å². The normalized spacial score (nSPS) is 11.6. The summed E-state index contributed by atoms with van der Waals surface area (Å²) in [5.41, 5.74) is 3.82. The number of hydrogen-bond donors (Lipinski definition) is 0. The molecule has 1 aromatic carbocycles. The molecule has 0 bridgehead atoms. The molecule has 0 saturated carbocycles. The molecular formula is C16H24O. The van der Waals surface area contributed by atoms with Crippen LogP contribution in [0.3, 0.4) is 0 Å². The zero-order valence-electron chi connectivity index (χ0n) is 11.8. The fraction of sp³-hybridized carbons (Fsp3) is 0.562. The maximum atomic E-state index is 11.8. The van der Waals surface area contributed by atoms with Crippen molar-refractivity contribution in [3.63, 3.8) is 0 Å². The van der Waals surface area contributed by atoms with Crippen molar-refractivity contribution in [3.8, 4) is 0 Å². The molecule has 0 aliphatic carbocycles. The molecule has 0 amide bonds. The van der Waals surface area contributed by atoms with Crippen molar-refractivity contribution in [2.75, 3.05) is 0 Å². The lowest BCUT2D eigenvalue weighted by molar-refractivity contribution is -0.126. The van der Waals surface area contributed by atoms with Crippen molar-refractivity contribution in [2.45, 2.75) is 53.9 Å². The van der Waals surface area contributed by atoms with Crippen LogP contribution < -0.4 is 0 Å². The van der Waals surface area contributed by atoms with E-state index in [1.165, 1.54) is 16.7 Å². The smallest absolute Gasteiger partial charge is 0.138 e. The number of carbonyl (C=O) groups excluding carboxylic acids is 1. The molecular weight excluding hydrogens is 208 g/mol. The minimum absolute atomic E-state index is 0.193. The Labute approximate surface area is 105 Å². The van der Waals surface area contributed by atoms with Crippen LogP contribution in [0.1, 0.15) is 50.3 Å². The van der Waals surface area contributed by atoms with Gasteiger partial charge in [-0.15, -0.1) is 0 Å². The SMILES string of the molecule is Cc1ccc(C)c(CCCC(=O)C(C)(C)C)c1. The minimum atomic E-state index is -0.193. The van der Waals surface area contributed by atoms with Crippen LogP contribution in [0.25, 0.3) is 0 Å². The Hall–Kier alpha value is -1.11. The van der Waals surface area contributed by atoms with Crippen LogP contribution in [-0.2, 0) is 11.2 Å². The van der Waals surface area contributed by atoms with Crippen LogP contribution in [-0.4, -0.2) is 5.78 Å². The number of rotatable bonds is 4. The van der Waals surface area contributed by atoms with Gasteiger partial charge in [0.15, 0.2) is 0 Å². The van der Waals surface area contributed by atoms with Crippen LogP contribution >= 0.6 is 0 Å². The largest absolute Gasteiger partial charge is 0.299 e. The van der Waals surface area contributed by atoms with Gasteiger partial charge in [0.25, 0.3) is 0 Å². The predicted octanol–water partition coefficient (Wildman–Crippen LogP) is 4.24. The molecule has 1 aromatic rings. The molecule has 0 aliphatic heterocycles. The van der Waals surface area contributed by atoms with E-state index in [9.17, 15) is 4.79 Å². The third-order valence-corrected chi connectivity index (χ3v) is 3.19. The van der Waals surface area contributed by atoms with Crippen molar-refractivity contribution >= 4 is 5.78 Å². The summed E-state index contributed by atoms with van der Waals surface area (Å²) in [6.07, 6.45) is 2.66. The molecule has 0 aromatic heterocycles. The Morgan fingerprint density at radius 3 is 2.41 bits per heavy atom. The van der Waals surface area contributed by atoms with Gasteiger partial charge in [-0.25, -0.2) is 0 Å². The molecule has 0 atom stereocenters. The lowest BCUT2D eigenvalue weighted by Gasteiger charge is -2.16. The van der Waals surface area contributed by atoms with Gasteiger partial charge in [-0.3, -0.25) is 4.79 Å². The van der Waals surface area contributed by atoms with Crippen molar-refractivity contribution in [3.05, 3.63) is 34.9 Å². The number of carbonyl (C=O) groups is 1. The van der Waals surface area contributed by atoms with Crippen molar-refractivity contribution in [2.24, 2.45) is 5.41 Å². The Morgan fingerprint density at radius 2 is 1.82 bits per heavy atom. The van der Waals surface area contributed by atoms with Gasteiger partial charge < -0.3 is 0 Å². The first-order chi connectivity index (χ1) is 7.80. The Kier molecular flexibility index (Phi) is 4.50. The highest BCUT2D eigenvalue weighted by Gasteiger charge is 2.20. The number of hydrogen-bond acceptors (Lipinski definition) is 1. The van der Waals surface area contributed by atoms with Gasteiger partial charge in [0.1, 0.15) is 5.78 Å². The lowest BCUT2D eigenvalue weighted by atomic mass is 9.87. The second-order valence-electron chi connectivity index (χ2n) is 5.96. The van der Waals surface area contributed by atoms with Crippen LogP contribution in [0.4, 0.5) is 0 Å². The third kappa shape index (κ3) is 4.33. The highest BCUT2D eigenvalue weighted by molar-refractivity contribution is 5.83. The number of Topliss-reactive ketones (excluding diaryl/α,β-unsaturated/α-hetero) is 1. The average Bonchev–Trinajstić information content (AvgIpc) is 2.21. The second-order valence-corrected chi connectivity index (χ2v) is 5.96. The molecule has 0 spiro atoms. The predicted molar refractivity (Wildman–Crippen MR) is 73.3 cm³/mol. The lowest BCUT2D eigenvalue weighted by Crippen LogP contribution is -2.19. The number of benzene rings is 1. The molecule has 0 saturated heterocycles. The summed E-state index contributed by atoms with van der Waals surface area (Å²) in [4.78, 5) is 11.8. The summed E-state index contributed by atoms with van der Waals surface area (Å²) in [6.45, 7) is 10.2. The van der Waals surface area contributed by atoms with Gasteiger partial charge in [-0.05, 0) is 37.8 Å². The van der Waals surface area contributed by atoms with E-state index in [0.717, 1.165) is 12.8 Å². The van der Waals surface area contributed by atoms with E-state index in [1.54, 1.807) is 0 Å². The van der Waals surface area contributed by atoms with E-state index in [-0.39, 0.29) is 5.41 Å². The molecule has 0 fully saturated rings. The van der Waals surface area contributed by atoms with Crippen LogP contribution in [0.5, 0.6) is 0 Å². The van der Waals surface area contributed by atoms with Gasteiger partial charge in [0.05, 0.1) is 0 Å². The maximum absolute atomic E-state index is 11.8.